The molecule has 73 heavy (non-hydrogen) atoms. The van der Waals surface area contributed by atoms with E-state index in [0.717, 1.165) is 55.8 Å². The first-order valence-electron chi connectivity index (χ1n) is 24.5. The van der Waals surface area contributed by atoms with E-state index < -0.39 is 41.2 Å². The predicted molar refractivity (Wildman–Crippen MR) is 273 cm³/mol. The highest BCUT2D eigenvalue weighted by molar-refractivity contribution is 6.35. The number of ether oxygens (including phenoxy) is 2. The van der Waals surface area contributed by atoms with Crippen molar-refractivity contribution in [2.24, 2.45) is 7.05 Å². The lowest BCUT2D eigenvalue weighted by atomic mass is 9.98. The Balaban J connectivity index is 0.961. The van der Waals surface area contributed by atoms with Crippen LogP contribution in [-0.2, 0) is 45.7 Å². The Bertz CT molecular complexity index is 3370. The number of imide groups is 1. The van der Waals surface area contributed by atoms with Gasteiger partial charge in [-0.15, -0.1) is 0 Å². The zero-order valence-electron chi connectivity index (χ0n) is 42.0. The Morgan fingerprint density at radius 1 is 0.904 bits per heavy atom. The van der Waals surface area contributed by atoms with Crippen molar-refractivity contribution in [2.75, 3.05) is 39.3 Å². The van der Waals surface area contributed by atoms with Gasteiger partial charge in [0.2, 0.25) is 17.7 Å². The first-order chi connectivity index (χ1) is 34.8. The topological polar surface area (TPSA) is 175 Å². The molecule has 2 fully saturated rings. The van der Waals surface area contributed by atoms with Gasteiger partial charge in [0, 0.05) is 80.3 Å². The van der Waals surface area contributed by atoms with Crippen LogP contribution in [0.5, 0.6) is 5.75 Å². The van der Waals surface area contributed by atoms with E-state index in [-0.39, 0.29) is 47.7 Å². The van der Waals surface area contributed by atoms with E-state index in [4.69, 9.17) is 26.2 Å². The molecule has 3 aromatic heterocycles. The smallest absolute Gasteiger partial charge is 0.355 e. The lowest BCUT2D eigenvalue weighted by molar-refractivity contribution is -0.135. The van der Waals surface area contributed by atoms with E-state index >= 15 is 4.39 Å². The highest BCUT2D eigenvalue weighted by Gasteiger charge is 2.33. The molecule has 382 valence electrons. The van der Waals surface area contributed by atoms with E-state index in [1.54, 1.807) is 22.5 Å². The molecule has 2 N–H and O–H groups in total. The van der Waals surface area contributed by atoms with E-state index in [9.17, 15) is 28.4 Å². The third kappa shape index (κ3) is 10.4. The number of amides is 4. The lowest BCUT2D eigenvalue weighted by Crippen LogP contribution is -2.52. The van der Waals surface area contributed by atoms with E-state index in [1.165, 1.54) is 18.2 Å². The minimum absolute atomic E-state index is 0.0558. The molecule has 9 rings (SSSR count). The number of imidazole rings is 1. The van der Waals surface area contributed by atoms with Gasteiger partial charge in [0.25, 0.3) is 5.91 Å². The Kier molecular flexibility index (Phi) is 14.2. The fourth-order valence-electron chi connectivity index (χ4n) is 10.1. The lowest BCUT2D eigenvalue weighted by Gasteiger charge is -2.35. The van der Waals surface area contributed by atoms with Crippen molar-refractivity contribution in [1.82, 2.24) is 44.3 Å². The molecule has 0 spiro atoms. The number of nitrogens with zero attached hydrogens (tertiary/aromatic N) is 7. The number of carbonyl (C=O) groups is 5. The van der Waals surface area contributed by atoms with Gasteiger partial charge in [-0.3, -0.25) is 34.1 Å². The number of hydrogen-bond donors (Lipinski definition) is 2. The van der Waals surface area contributed by atoms with Crippen molar-refractivity contribution < 1.29 is 42.2 Å². The SMILES string of the molecule is Cc1nn(C)c(C)c1-c1c(Cl)ccc2c(CCCOc3cccc4cc(F)ccc34)c(C(=O)OC(C)(C)C)n(CCN3CCN(C(=O)Cn4c(C)nc5c(C(=O)NC6CCC(=O)NC6=O)cc(F)cc54)CC3)c12. The van der Waals surface area contributed by atoms with Crippen LogP contribution in [0.25, 0.3) is 43.8 Å². The van der Waals surface area contributed by atoms with E-state index in [1.807, 2.05) is 81.2 Å². The fourth-order valence-corrected chi connectivity index (χ4v) is 10.4. The number of aromatic nitrogens is 5. The highest BCUT2D eigenvalue weighted by atomic mass is 35.5. The zero-order chi connectivity index (χ0) is 52.0. The predicted octanol–water partition coefficient (Wildman–Crippen LogP) is 7.75. The summed E-state index contributed by atoms with van der Waals surface area (Å²) in [6, 6.07) is 15.3. The molecular weight excluding hydrogens is 960 g/mol. The third-order valence-electron chi connectivity index (χ3n) is 13.7. The van der Waals surface area contributed by atoms with Gasteiger partial charge in [-0.2, -0.15) is 5.10 Å². The number of piperazine rings is 1. The number of hydrogen-bond acceptors (Lipinski definition) is 10. The van der Waals surface area contributed by atoms with Crippen LogP contribution in [0.15, 0.2) is 60.7 Å². The molecule has 0 bridgehead atoms. The number of piperidine rings is 1. The van der Waals surface area contributed by atoms with Gasteiger partial charge in [0.15, 0.2) is 0 Å². The number of carbonyl (C=O) groups excluding carboxylic acids is 5. The van der Waals surface area contributed by atoms with Crippen LogP contribution >= 0.6 is 11.6 Å². The Morgan fingerprint density at radius 2 is 1.66 bits per heavy atom. The Labute approximate surface area is 425 Å². The molecule has 4 amide bonds. The molecule has 2 aliphatic rings. The average Bonchev–Trinajstić information content (AvgIpc) is 3.92. The van der Waals surface area contributed by atoms with Crippen LogP contribution in [0.2, 0.25) is 5.02 Å². The van der Waals surface area contributed by atoms with Crippen LogP contribution in [0.3, 0.4) is 0 Å². The maximum Gasteiger partial charge on any atom is 0.355 e. The average molecular weight is 1020 g/mol. The quantitative estimate of drug-likeness (QED) is 0.0623. The summed E-state index contributed by atoms with van der Waals surface area (Å²) in [5.41, 5.74) is 4.85. The zero-order valence-corrected chi connectivity index (χ0v) is 42.7. The minimum atomic E-state index is -0.968. The van der Waals surface area contributed by atoms with Crippen molar-refractivity contribution >= 4 is 73.9 Å². The van der Waals surface area contributed by atoms with Crippen LogP contribution in [-0.4, -0.2) is 114 Å². The van der Waals surface area contributed by atoms with Crippen LogP contribution < -0.4 is 15.4 Å². The van der Waals surface area contributed by atoms with Crippen molar-refractivity contribution in [3.8, 4) is 16.9 Å². The second kappa shape index (κ2) is 20.4. The molecule has 16 nitrogen and oxygen atoms in total. The Morgan fingerprint density at radius 3 is 2.37 bits per heavy atom. The summed E-state index contributed by atoms with van der Waals surface area (Å²) >= 11 is 7.20. The second-order valence-corrected chi connectivity index (χ2v) is 20.2. The summed E-state index contributed by atoms with van der Waals surface area (Å²) in [5.74, 6) is -2.49. The molecule has 0 saturated carbocycles. The van der Waals surface area contributed by atoms with Gasteiger partial charge in [-0.05, 0) is 114 Å². The van der Waals surface area contributed by atoms with Gasteiger partial charge >= 0.3 is 5.97 Å². The van der Waals surface area contributed by atoms with Crippen LogP contribution in [0.1, 0.15) is 83.7 Å². The summed E-state index contributed by atoms with van der Waals surface area (Å²) in [6.07, 6.45) is 1.16. The molecule has 1 atom stereocenters. The summed E-state index contributed by atoms with van der Waals surface area (Å²) in [7, 11) is 1.89. The maximum atomic E-state index is 15.2. The largest absolute Gasteiger partial charge is 0.493 e. The fraction of sp³-hybridized carbons (Fsp3) is 0.389. The molecule has 2 aliphatic heterocycles. The number of nitrogens with one attached hydrogen (secondary N) is 2. The van der Waals surface area contributed by atoms with Crippen molar-refractivity contribution in [1.29, 1.82) is 0 Å². The standard InChI is InChI=1S/C54H58ClF2N9O7/c1-30-46(31(2)62(7)61-30)47-40(55)16-15-38-37(11-9-25-72-43-12-8-10-33-26-34(56)13-14-36(33)43)50(53(71)73-54(4,5)6)65(49(38)47)24-21-63-19-22-64(23-20-63)45(68)29-66-32(3)58-48-39(27-35(57)28-42(48)66)51(69)59-41-17-18-44(67)60-52(41)70/h8,10,12-16,26-28,41H,9,11,17-25,29H2,1-7H3,(H,59,69)(H,60,67,70). The van der Waals surface area contributed by atoms with Gasteiger partial charge in [0.05, 0.1) is 33.9 Å². The highest BCUT2D eigenvalue weighted by Crippen LogP contribution is 2.43. The first-order valence-corrected chi connectivity index (χ1v) is 24.8. The maximum absolute atomic E-state index is 15.2. The molecule has 2 saturated heterocycles. The second-order valence-electron chi connectivity index (χ2n) is 19.8. The van der Waals surface area contributed by atoms with Crippen LogP contribution in [0, 0.1) is 32.4 Å². The Hall–Kier alpha value is -7.18. The number of halogens is 3. The number of benzene rings is 4. The van der Waals surface area contributed by atoms with Gasteiger partial charge in [0.1, 0.15) is 52.6 Å². The van der Waals surface area contributed by atoms with E-state index in [0.29, 0.717) is 81.0 Å². The van der Waals surface area contributed by atoms with Gasteiger partial charge in [-0.1, -0.05) is 29.8 Å². The van der Waals surface area contributed by atoms with Crippen molar-refractivity contribution in [3.63, 3.8) is 0 Å². The number of fused-ring (bicyclic) bond motifs is 3. The molecule has 7 aromatic rings. The monoisotopic (exact) mass is 1020 g/mol. The number of aryl methyl sites for hydroxylation is 4. The van der Waals surface area contributed by atoms with Gasteiger partial charge < -0.3 is 28.8 Å². The molecule has 0 aliphatic carbocycles. The number of esters is 1. The van der Waals surface area contributed by atoms with E-state index in [2.05, 4.69) is 20.5 Å². The summed E-state index contributed by atoms with van der Waals surface area (Å²) in [5, 5.41) is 12.4. The molecular formula is C54H58ClF2N9O7. The molecule has 1 unspecified atom stereocenters. The molecule has 19 heteroatoms. The molecule has 4 aromatic carbocycles. The minimum Gasteiger partial charge on any atom is -0.493 e. The third-order valence-corrected chi connectivity index (χ3v) is 14.0. The van der Waals surface area contributed by atoms with Crippen LogP contribution in [0.4, 0.5) is 8.78 Å². The first kappa shape index (κ1) is 50.7. The summed E-state index contributed by atoms with van der Waals surface area (Å²) in [4.78, 5) is 74.6. The summed E-state index contributed by atoms with van der Waals surface area (Å²) < 4.78 is 47.1. The van der Waals surface area contributed by atoms with Crippen molar-refractivity contribution in [2.45, 2.75) is 92.0 Å². The number of rotatable bonds is 14. The van der Waals surface area contributed by atoms with Gasteiger partial charge in [-0.25, -0.2) is 18.6 Å². The molecule has 0 radical (unpaired) electrons. The normalized spacial score (nSPS) is 15.6. The van der Waals surface area contributed by atoms with Crippen molar-refractivity contribution in [3.05, 3.63) is 111 Å². The summed E-state index contributed by atoms with van der Waals surface area (Å²) in [6.45, 7) is 14.0. The molecule has 5 heterocycles.